The Morgan fingerprint density at radius 1 is 1.16 bits per heavy atom. The summed E-state index contributed by atoms with van der Waals surface area (Å²) in [6.45, 7) is 2.27. The molecule has 1 N–H and O–H groups in total. The molecular weight excluding hydrogens is 425 g/mol. The first-order chi connectivity index (χ1) is 15.3. The fraction of sp³-hybridized carbons (Fsp3) is 0.238. The molecule has 0 spiro atoms. The number of halogens is 3. The van der Waals surface area contributed by atoms with Crippen LogP contribution in [0.4, 0.5) is 35.0 Å². The predicted molar refractivity (Wildman–Crippen MR) is 108 cm³/mol. The summed E-state index contributed by atoms with van der Waals surface area (Å²) in [6, 6.07) is 2.27. The van der Waals surface area contributed by atoms with Gasteiger partial charge in [-0.05, 0) is 13.0 Å². The highest BCUT2D eigenvalue weighted by Gasteiger charge is 2.36. The lowest BCUT2D eigenvalue weighted by Crippen LogP contribution is -2.47. The van der Waals surface area contributed by atoms with Crippen LogP contribution in [0.1, 0.15) is 18.2 Å². The smallest absolute Gasteiger partial charge is 0.314 e. The maximum Gasteiger partial charge on any atom is 0.322 e. The Labute approximate surface area is 180 Å². The number of benzene rings is 1. The maximum absolute atomic E-state index is 13.5. The molecule has 0 unspecified atom stereocenters. The quantitative estimate of drug-likeness (QED) is 0.617. The van der Waals surface area contributed by atoms with Gasteiger partial charge >= 0.3 is 6.03 Å². The number of anilines is 3. The first-order valence-corrected chi connectivity index (χ1v) is 9.86. The third kappa shape index (κ3) is 3.17. The lowest BCUT2D eigenvalue weighted by Gasteiger charge is -2.35. The fourth-order valence-corrected chi connectivity index (χ4v) is 4.08. The summed E-state index contributed by atoms with van der Waals surface area (Å²) >= 11 is 0. The average Bonchev–Trinajstić information content (AvgIpc) is 3.30. The number of nitrogens with zero attached hydrogens (tertiary/aromatic N) is 5. The van der Waals surface area contributed by atoms with Crippen molar-refractivity contribution in [2.75, 3.05) is 10.2 Å². The molecule has 0 fully saturated rings. The summed E-state index contributed by atoms with van der Waals surface area (Å²) in [7, 11) is 0. The largest absolute Gasteiger partial charge is 0.322 e. The molecule has 2 aliphatic heterocycles. The van der Waals surface area contributed by atoms with Crippen LogP contribution in [-0.2, 0) is 24.3 Å². The van der Waals surface area contributed by atoms with E-state index < -0.39 is 23.5 Å². The van der Waals surface area contributed by atoms with Crippen molar-refractivity contribution in [1.29, 1.82) is 0 Å². The molecule has 0 saturated heterocycles. The van der Waals surface area contributed by atoms with Crippen molar-refractivity contribution in [2.24, 2.45) is 0 Å². The monoisotopic (exact) mass is 442 g/mol. The number of carbonyl (C=O) groups excluding carboxylic acids is 2. The third-order valence-electron chi connectivity index (χ3n) is 5.66. The van der Waals surface area contributed by atoms with E-state index in [1.54, 1.807) is 41.2 Å². The maximum atomic E-state index is 13.5. The number of rotatable bonds is 2. The predicted octanol–water partition coefficient (Wildman–Crippen LogP) is 3.35. The zero-order valence-corrected chi connectivity index (χ0v) is 16.8. The van der Waals surface area contributed by atoms with Crippen LogP contribution in [0.15, 0.2) is 36.8 Å². The van der Waals surface area contributed by atoms with Crippen molar-refractivity contribution < 1.29 is 22.8 Å². The second kappa shape index (κ2) is 7.36. The molecule has 0 radical (unpaired) electrons. The molecule has 2 aromatic heterocycles. The number of amides is 3. The van der Waals surface area contributed by atoms with E-state index in [1.807, 2.05) is 0 Å². The number of fused-ring (bicyclic) bond motifs is 2. The summed E-state index contributed by atoms with van der Waals surface area (Å²) < 4.78 is 42.0. The van der Waals surface area contributed by atoms with Gasteiger partial charge in [0.15, 0.2) is 17.5 Å². The SMILES string of the molecule is C[C@H]1Cn2ncc(N3C(=O)Cc4cnccc43)c2CN1C(=O)Nc1cc(F)c(F)c(F)c1. The van der Waals surface area contributed by atoms with Crippen molar-refractivity contribution in [2.45, 2.75) is 32.5 Å². The molecule has 3 aromatic rings. The van der Waals surface area contributed by atoms with E-state index in [4.69, 9.17) is 0 Å². The Morgan fingerprint density at radius 2 is 1.91 bits per heavy atom. The van der Waals surface area contributed by atoms with Crippen molar-refractivity contribution >= 4 is 29.0 Å². The topological polar surface area (TPSA) is 83.4 Å². The number of pyridine rings is 1. The zero-order valence-electron chi connectivity index (χ0n) is 16.8. The zero-order chi connectivity index (χ0) is 22.6. The van der Waals surface area contributed by atoms with Gasteiger partial charge in [0, 0.05) is 35.8 Å². The molecule has 0 aliphatic carbocycles. The molecule has 2 aliphatic rings. The van der Waals surface area contributed by atoms with Crippen LogP contribution >= 0.6 is 0 Å². The molecule has 11 heteroatoms. The molecular formula is C21H17F3N6O2. The number of hydrogen-bond acceptors (Lipinski definition) is 4. The van der Waals surface area contributed by atoms with Crippen LogP contribution in [0.2, 0.25) is 0 Å². The molecule has 1 atom stereocenters. The van der Waals surface area contributed by atoms with Gasteiger partial charge in [0.25, 0.3) is 0 Å². The van der Waals surface area contributed by atoms with Gasteiger partial charge in [0.1, 0.15) is 0 Å². The Kier molecular flexibility index (Phi) is 4.61. The molecule has 3 amide bonds. The first kappa shape index (κ1) is 20.0. The minimum atomic E-state index is -1.60. The molecule has 4 heterocycles. The summed E-state index contributed by atoms with van der Waals surface area (Å²) in [6.07, 6.45) is 5.05. The molecule has 32 heavy (non-hydrogen) atoms. The number of hydrogen-bond donors (Lipinski definition) is 1. The Bertz CT molecular complexity index is 1240. The van der Waals surface area contributed by atoms with E-state index in [-0.39, 0.29) is 30.6 Å². The number of urea groups is 1. The van der Waals surface area contributed by atoms with Crippen molar-refractivity contribution in [3.05, 3.63) is 65.5 Å². The molecule has 0 bridgehead atoms. The van der Waals surface area contributed by atoms with E-state index in [9.17, 15) is 22.8 Å². The fourth-order valence-electron chi connectivity index (χ4n) is 4.08. The second-order valence-corrected chi connectivity index (χ2v) is 7.73. The highest BCUT2D eigenvalue weighted by molar-refractivity contribution is 6.07. The standard InChI is InChI=1S/C21H17F3N6O2/c1-11-9-29-18(10-28(11)21(32)27-13-5-14(22)20(24)15(23)6-13)17(8-26-29)30-16-2-3-25-7-12(16)4-19(30)31/h2-3,5-8,11H,4,9-10H2,1H3,(H,27,32)/t11-/m0/s1. The van der Waals surface area contributed by atoms with Crippen LogP contribution < -0.4 is 10.2 Å². The van der Waals surface area contributed by atoms with Crippen molar-refractivity contribution in [3.63, 3.8) is 0 Å². The van der Waals surface area contributed by atoms with Crippen molar-refractivity contribution in [1.82, 2.24) is 19.7 Å². The van der Waals surface area contributed by atoms with Crippen molar-refractivity contribution in [3.8, 4) is 0 Å². The molecule has 0 saturated carbocycles. The van der Waals surface area contributed by atoms with Crippen LogP contribution in [-0.4, -0.2) is 37.6 Å². The minimum Gasteiger partial charge on any atom is -0.314 e. The Morgan fingerprint density at radius 3 is 2.66 bits per heavy atom. The van der Waals surface area contributed by atoms with Gasteiger partial charge < -0.3 is 10.2 Å². The van der Waals surface area contributed by atoms with Gasteiger partial charge in [-0.2, -0.15) is 5.10 Å². The molecule has 1 aromatic carbocycles. The van der Waals surface area contributed by atoms with Gasteiger partial charge in [-0.1, -0.05) is 0 Å². The number of nitrogens with one attached hydrogen (secondary N) is 1. The van der Waals surface area contributed by atoms with E-state index in [2.05, 4.69) is 15.4 Å². The van der Waals surface area contributed by atoms with E-state index in [0.717, 1.165) is 5.56 Å². The van der Waals surface area contributed by atoms with Crippen LogP contribution in [0, 0.1) is 17.5 Å². The Hall–Kier alpha value is -3.89. The highest BCUT2D eigenvalue weighted by Crippen LogP contribution is 2.38. The third-order valence-corrected chi connectivity index (χ3v) is 5.66. The van der Waals surface area contributed by atoms with Gasteiger partial charge in [-0.3, -0.25) is 19.4 Å². The Balaban J connectivity index is 1.43. The average molecular weight is 442 g/mol. The first-order valence-electron chi connectivity index (χ1n) is 9.86. The van der Waals surface area contributed by atoms with Crippen LogP contribution in [0.3, 0.4) is 0 Å². The van der Waals surface area contributed by atoms with E-state index >= 15 is 0 Å². The van der Waals surface area contributed by atoms with E-state index in [0.29, 0.717) is 35.7 Å². The highest BCUT2D eigenvalue weighted by atomic mass is 19.2. The minimum absolute atomic E-state index is 0.110. The van der Waals surface area contributed by atoms with E-state index in [1.165, 1.54) is 4.90 Å². The lowest BCUT2D eigenvalue weighted by molar-refractivity contribution is -0.116. The molecule has 8 nitrogen and oxygen atoms in total. The lowest BCUT2D eigenvalue weighted by atomic mass is 10.2. The van der Waals surface area contributed by atoms with Gasteiger partial charge in [-0.25, -0.2) is 18.0 Å². The summed E-state index contributed by atoms with van der Waals surface area (Å²) in [5.74, 6) is -4.52. The second-order valence-electron chi connectivity index (χ2n) is 7.73. The normalized spacial score (nSPS) is 17.4. The van der Waals surface area contributed by atoms with Gasteiger partial charge in [-0.15, -0.1) is 0 Å². The molecule has 164 valence electrons. The summed E-state index contributed by atoms with van der Waals surface area (Å²) in [5, 5.41) is 6.79. The number of carbonyl (C=O) groups is 2. The van der Waals surface area contributed by atoms with Gasteiger partial charge in [0.2, 0.25) is 5.91 Å². The summed E-state index contributed by atoms with van der Waals surface area (Å²) in [4.78, 5) is 32.7. The van der Waals surface area contributed by atoms with Crippen LogP contribution in [0.5, 0.6) is 0 Å². The molecule has 5 rings (SSSR count). The summed E-state index contributed by atoms with van der Waals surface area (Å²) in [5.41, 5.74) is 2.52. The number of aromatic nitrogens is 3. The van der Waals surface area contributed by atoms with Crippen LogP contribution in [0.25, 0.3) is 0 Å². The van der Waals surface area contributed by atoms with Gasteiger partial charge in [0.05, 0.1) is 48.8 Å².